The Bertz CT molecular complexity index is 323. The number of carbonyl (C=O) groups is 1. The summed E-state index contributed by atoms with van der Waals surface area (Å²) in [6.07, 6.45) is 0. The van der Waals surface area contributed by atoms with Crippen LogP contribution in [0.15, 0.2) is 28.7 Å². The fraction of sp³-hybridized carbons (Fsp3) is 0.364. The lowest BCUT2D eigenvalue weighted by Gasteiger charge is -2.10. The summed E-state index contributed by atoms with van der Waals surface area (Å²) >= 11 is 3.37. The molecule has 1 atom stereocenters. The first-order chi connectivity index (χ1) is 6.65. The molecule has 0 N–H and O–H groups in total. The minimum absolute atomic E-state index is 0.175. The Balaban J connectivity index is 2.78. The van der Waals surface area contributed by atoms with Crippen molar-refractivity contribution in [3.05, 3.63) is 34.3 Å². The second-order valence-electron chi connectivity index (χ2n) is 3.03. The molecule has 14 heavy (non-hydrogen) atoms. The van der Waals surface area contributed by atoms with Gasteiger partial charge < -0.3 is 4.74 Å². The molecule has 0 saturated heterocycles. The van der Waals surface area contributed by atoms with E-state index in [-0.39, 0.29) is 11.9 Å². The number of benzene rings is 1. The second kappa shape index (κ2) is 5.15. The van der Waals surface area contributed by atoms with Crippen LogP contribution in [-0.2, 0) is 9.53 Å². The fourth-order valence-corrected chi connectivity index (χ4v) is 1.60. The lowest BCUT2D eigenvalue weighted by molar-refractivity contribution is -0.144. The van der Waals surface area contributed by atoms with Crippen molar-refractivity contribution in [2.24, 2.45) is 0 Å². The summed E-state index contributed by atoms with van der Waals surface area (Å²) in [6.45, 7) is 4.09. The van der Waals surface area contributed by atoms with Crippen LogP contribution in [0.25, 0.3) is 0 Å². The van der Waals surface area contributed by atoms with Gasteiger partial charge >= 0.3 is 5.97 Å². The van der Waals surface area contributed by atoms with Crippen LogP contribution in [0.5, 0.6) is 0 Å². The Hall–Kier alpha value is -0.830. The molecule has 0 aliphatic carbocycles. The molecule has 0 aliphatic heterocycles. The third-order valence-electron chi connectivity index (χ3n) is 1.99. The molecular weight excluding hydrogens is 244 g/mol. The van der Waals surface area contributed by atoms with Gasteiger partial charge in [-0.2, -0.15) is 0 Å². The van der Waals surface area contributed by atoms with Gasteiger partial charge in [0.15, 0.2) is 0 Å². The van der Waals surface area contributed by atoms with Crippen molar-refractivity contribution in [3.8, 4) is 0 Å². The van der Waals surface area contributed by atoms with E-state index < -0.39 is 0 Å². The maximum absolute atomic E-state index is 11.4. The van der Waals surface area contributed by atoms with Gasteiger partial charge in [-0.15, -0.1) is 0 Å². The van der Waals surface area contributed by atoms with E-state index in [4.69, 9.17) is 4.74 Å². The summed E-state index contributed by atoms with van der Waals surface area (Å²) in [4.78, 5) is 11.4. The van der Waals surface area contributed by atoms with Crippen molar-refractivity contribution in [1.29, 1.82) is 0 Å². The maximum atomic E-state index is 11.4. The van der Waals surface area contributed by atoms with Gasteiger partial charge in [0, 0.05) is 4.47 Å². The number of rotatable bonds is 3. The van der Waals surface area contributed by atoms with Crippen LogP contribution in [-0.4, -0.2) is 12.6 Å². The van der Waals surface area contributed by atoms with Crippen LogP contribution < -0.4 is 0 Å². The van der Waals surface area contributed by atoms with E-state index in [9.17, 15) is 4.79 Å². The molecule has 0 amide bonds. The summed E-state index contributed by atoms with van der Waals surface area (Å²) in [5.41, 5.74) is 0.970. The number of halogens is 1. The van der Waals surface area contributed by atoms with E-state index in [1.54, 1.807) is 0 Å². The number of esters is 1. The van der Waals surface area contributed by atoms with E-state index >= 15 is 0 Å². The summed E-state index contributed by atoms with van der Waals surface area (Å²) in [7, 11) is 0. The zero-order valence-electron chi connectivity index (χ0n) is 8.29. The molecule has 1 rings (SSSR count). The van der Waals surface area contributed by atoms with Crippen molar-refractivity contribution >= 4 is 21.9 Å². The molecule has 0 fully saturated rings. The minimum atomic E-state index is -0.201. The average molecular weight is 257 g/mol. The van der Waals surface area contributed by atoms with Gasteiger partial charge in [-0.05, 0) is 31.5 Å². The van der Waals surface area contributed by atoms with Gasteiger partial charge in [0.1, 0.15) is 0 Å². The molecule has 1 aromatic carbocycles. The number of hydrogen-bond acceptors (Lipinski definition) is 2. The first-order valence-corrected chi connectivity index (χ1v) is 5.36. The summed E-state index contributed by atoms with van der Waals surface area (Å²) in [5, 5.41) is 0. The van der Waals surface area contributed by atoms with E-state index in [2.05, 4.69) is 15.9 Å². The monoisotopic (exact) mass is 256 g/mol. The van der Waals surface area contributed by atoms with Crippen LogP contribution in [0.1, 0.15) is 25.3 Å². The van der Waals surface area contributed by atoms with Crippen LogP contribution in [0.3, 0.4) is 0 Å². The van der Waals surface area contributed by atoms with Gasteiger partial charge in [0.25, 0.3) is 0 Å². The van der Waals surface area contributed by atoms with Gasteiger partial charge in [-0.25, -0.2) is 0 Å². The Morgan fingerprint density at radius 2 is 2.29 bits per heavy atom. The van der Waals surface area contributed by atoms with E-state index in [1.165, 1.54) is 0 Å². The number of carbonyl (C=O) groups excluding carboxylic acids is 1. The molecule has 1 unspecified atom stereocenters. The third-order valence-corrected chi connectivity index (χ3v) is 2.48. The van der Waals surface area contributed by atoms with Crippen molar-refractivity contribution < 1.29 is 9.53 Å². The normalized spacial score (nSPS) is 12.2. The van der Waals surface area contributed by atoms with Gasteiger partial charge in [-0.1, -0.05) is 28.1 Å². The molecule has 76 valence electrons. The highest BCUT2D eigenvalue weighted by Gasteiger charge is 2.15. The highest BCUT2D eigenvalue weighted by molar-refractivity contribution is 9.10. The van der Waals surface area contributed by atoms with Crippen molar-refractivity contribution in [1.82, 2.24) is 0 Å². The Labute approximate surface area is 92.4 Å². The molecule has 3 heteroatoms. The van der Waals surface area contributed by atoms with E-state index in [1.807, 2.05) is 38.1 Å². The first kappa shape index (κ1) is 11.2. The highest BCUT2D eigenvalue weighted by atomic mass is 79.9. The predicted octanol–water partition coefficient (Wildman–Crippen LogP) is 3.12. The smallest absolute Gasteiger partial charge is 0.313 e. The molecular formula is C11H13BrO2. The summed E-state index contributed by atoms with van der Waals surface area (Å²) in [6, 6.07) is 7.70. The SMILES string of the molecule is CCOC(=O)C(C)c1cccc(Br)c1. The molecule has 0 heterocycles. The van der Waals surface area contributed by atoms with Crippen molar-refractivity contribution in [2.75, 3.05) is 6.61 Å². The highest BCUT2D eigenvalue weighted by Crippen LogP contribution is 2.20. The Morgan fingerprint density at radius 3 is 2.86 bits per heavy atom. The zero-order chi connectivity index (χ0) is 10.6. The standard InChI is InChI=1S/C11H13BrO2/c1-3-14-11(13)8(2)9-5-4-6-10(12)7-9/h4-8H,3H2,1-2H3. The lowest BCUT2D eigenvalue weighted by atomic mass is 10.0. The molecule has 0 spiro atoms. The van der Waals surface area contributed by atoms with Gasteiger partial charge in [-0.3, -0.25) is 4.79 Å². The quantitative estimate of drug-likeness (QED) is 0.777. The van der Waals surface area contributed by atoms with Crippen molar-refractivity contribution in [3.63, 3.8) is 0 Å². The molecule has 2 nitrogen and oxygen atoms in total. The Morgan fingerprint density at radius 1 is 1.57 bits per heavy atom. The topological polar surface area (TPSA) is 26.3 Å². The van der Waals surface area contributed by atoms with Crippen LogP contribution >= 0.6 is 15.9 Å². The number of ether oxygens (including phenoxy) is 1. The molecule has 0 aromatic heterocycles. The molecule has 1 aromatic rings. The largest absolute Gasteiger partial charge is 0.466 e. The second-order valence-corrected chi connectivity index (χ2v) is 3.94. The van der Waals surface area contributed by atoms with Gasteiger partial charge in [0.05, 0.1) is 12.5 Å². The number of hydrogen-bond donors (Lipinski definition) is 0. The van der Waals surface area contributed by atoms with E-state index in [0.717, 1.165) is 10.0 Å². The predicted molar refractivity (Wildman–Crippen MR) is 59.2 cm³/mol. The van der Waals surface area contributed by atoms with Crippen molar-refractivity contribution in [2.45, 2.75) is 19.8 Å². The minimum Gasteiger partial charge on any atom is -0.466 e. The maximum Gasteiger partial charge on any atom is 0.313 e. The van der Waals surface area contributed by atoms with Crippen LogP contribution in [0.4, 0.5) is 0 Å². The van der Waals surface area contributed by atoms with E-state index in [0.29, 0.717) is 6.61 Å². The molecule has 0 radical (unpaired) electrons. The summed E-state index contributed by atoms with van der Waals surface area (Å²) < 4.78 is 5.92. The molecule has 0 aliphatic rings. The molecule has 0 bridgehead atoms. The van der Waals surface area contributed by atoms with Gasteiger partial charge in [0.2, 0.25) is 0 Å². The van der Waals surface area contributed by atoms with Crippen LogP contribution in [0.2, 0.25) is 0 Å². The Kier molecular flexibility index (Phi) is 4.14. The van der Waals surface area contributed by atoms with Crippen LogP contribution in [0, 0.1) is 0 Å². The first-order valence-electron chi connectivity index (χ1n) is 4.57. The zero-order valence-corrected chi connectivity index (χ0v) is 9.87. The lowest BCUT2D eigenvalue weighted by Crippen LogP contribution is -2.12. The molecule has 0 saturated carbocycles. The third kappa shape index (κ3) is 2.84. The average Bonchev–Trinajstić information content (AvgIpc) is 2.17. The summed E-state index contributed by atoms with van der Waals surface area (Å²) in [5.74, 6) is -0.377. The fourth-order valence-electron chi connectivity index (χ4n) is 1.18.